The summed E-state index contributed by atoms with van der Waals surface area (Å²) in [6.45, 7) is 2.64. The highest BCUT2D eigenvalue weighted by Gasteiger charge is 2.35. The monoisotopic (exact) mass is 282 g/mol. The van der Waals surface area contributed by atoms with Gasteiger partial charge < -0.3 is 15.7 Å². The Hall–Kier alpha value is -1.59. The van der Waals surface area contributed by atoms with Crippen LogP contribution in [0.5, 0.6) is 0 Å². The highest BCUT2D eigenvalue weighted by atomic mass is 35.5. The molecule has 1 unspecified atom stereocenters. The molecule has 0 bridgehead atoms. The van der Waals surface area contributed by atoms with Crippen LogP contribution in [0.15, 0.2) is 18.2 Å². The Bertz CT molecular complexity index is 525. The first-order valence-corrected chi connectivity index (χ1v) is 6.39. The van der Waals surface area contributed by atoms with E-state index >= 15 is 0 Å². The summed E-state index contributed by atoms with van der Waals surface area (Å²) in [4.78, 5) is 23.1. The van der Waals surface area contributed by atoms with E-state index in [0.29, 0.717) is 5.69 Å². The molecule has 0 aliphatic carbocycles. The van der Waals surface area contributed by atoms with E-state index in [4.69, 9.17) is 16.7 Å². The molecule has 1 aromatic carbocycles. The number of aromatic carboxylic acids is 1. The summed E-state index contributed by atoms with van der Waals surface area (Å²) in [5.74, 6) is -1.26. The summed E-state index contributed by atoms with van der Waals surface area (Å²) in [5, 5.41) is 15.1. The van der Waals surface area contributed by atoms with Gasteiger partial charge in [-0.1, -0.05) is 11.6 Å². The lowest BCUT2D eigenvalue weighted by Crippen LogP contribution is -2.47. The van der Waals surface area contributed by atoms with Crippen molar-refractivity contribution in [3.8, 4) is 0 Å². The van der Waals surface area contributed by atoms with Gasteiger partial charge in [0, 0.05) is 10.7 Å². The predicted molar refractivity (Wildman–Crippen MR) is 72.7 cm³/mol. The van der Waals surface area contributed by atoms with E-state index in [0.717, 1.165) is 19.4 Å². The van der Waals surface area contributed by atoms with E-state index in [2.05, 4.69) is 10.6 Å². The third-order valence-corrected chi connectivity index (χ3v) is 3.49. The molecule has 1 aromatic rings. The number of carboxylic acid groups (broad SMARTS) is 1. The van der Waals surface area contributed by atoms with Crippen LogP contribution in [0.3, 0.4) is 0 Å². The van der Waals surface area contributed by atoms with Crippen LogP contribution < -0.4 is 10.6 Å². The fourth-order valence-corrected chi connectivity index (χ4v) is 2.38. The van der Waals surface area contributed by atoms with Crippen LogP contribution >= 0.6 is 11.6 Å². The van der Waals surface area contributed by atoms with Gasteiger partial charge in [0.15, 0.2) is 0 Å². The third kappa shape index (κ3) is 3.05. The minimum Gasteiger partial charge on any atom is -0.478 e. The first-order valence-electron chi connectivity index (χ1n) is 6.01. The average molecular weight is 283 g/mol. The Morgan fingerprint density at radius 1 is 1.42 bits per heavy atom. The maximum atomic E-state index is 12.2. The molecule has 19 heavy (non-hydrogen) atoms. The number of amides is 1. The third-order valence-electron chi connectivity index (χ3n) is 3.27. The maximum absolute atomic E-state index is 12.2. The summed E-state index contributed by atoms with van der Waals surface area (Å²) >= 11 is 5.84. The molecule has 2 rings (SSSR count). The molecule has 1 atom stereocenters. The molecule has 6 heteroatoms. The molecule has 1 amide bonds. The van der Waals surface area contributed by atoms with Crippen LogP contribution in [0.25, 0.3) is 0 Å². The summed E-state index contributed by atoms with van der Waals surface area (Å²) in [5.41, 5.74) is -0.164. The van der Waals surface area contributed by atoms with Gasteiger partial charge in [-0.05, 0) is 44.5 Å². The van der Waals surface area contributed by atoms with Crippen molar-refractivity contribution in [2.75, 3.05) is 11.9 Å². The highest BCUT2D eigenvalue weighted by Crippen LogP contribution is 2.23. The second-order valence-electron chi connectivity index (χ2n) is 4.85. The minimum atomic E-state index is -1.08. The zero-order valence-corrected chi connectivity index (χ0v) is 11.3. The number of carbonyl (C=O) groups is 2. The Kier molecular flexibility index (Phi) is 3.78. The highest BCUT2D eigenvalue weighted by molar-refractivity contribution is 6.31. The first kappa shape index (κ1) is 13.8. The van der Waals surface area contributed by atoms with E-state index in [1.807, 2.05) is 6.92 Å². The fourth-order valence-electron chi connectivity index (χ4n) is 2.14. The lowest BCUT2D eigenvalue weighted by atomic mass is 9.99. The Morgan fingerprint density at radius 3 is 2.74 bits per heavy atom. The van der Waals surface area contributed by atoms with Crippen LogP contribution in [0.4, 0.5) is 5.69 Å². The lowest BCUT2D eigenvalue weighted by Gasteiger charge is -2.23. The number of nitrogens with one attached hydrogen (secondary N) is 2. The van der Waals surface area contributed by atoms with Crippen molar-refractivity contribution in [3.05, 3.63) is 28.8 Å². The zero-order valence-electron chi connectivity index (χ0n) is 10.5. The van der Waals surface area contributed by atoms with Crippen molar-refractivity contribution in [1.29, 1.82) is 0 Å². The van der Waals surface area contributed by atoms with Crippen LogP contribution in [-0.2, 0) is 4.79 Å². The van der Waals surface area contributed by atoms with Gasteiger partial charge in [0.1, 0.15) is 0 Å². The normalized spacial score (nSPS) is 22.2. The molecule has 102 valence electrons. The van der Waals surface area contributed by atoms with Crippen LogP contribution in [0.2, 0.25) is 5.02 Å². The van der Waals surface area contributed by atoms with Gasteiger partial charge in [0.2, 0.25) is 5.91 Å². The molecule has 0 spiro atoms. The number of rotatable bonds is 3. The van der Waals surface area contributed by atoms with Crippen molar-refractivity contribution in [3.63, 3.8) is 0 Å². The van der Waals surface area contributed by atoms with Gasteiger partial charge in [-0.25, -0.2) is 4.79 Å². The Morgan fingerprint density at radius 2 is 2.16 bits per heavy atom. The van der Waals surface area contributed by atoms with Crippen molar-refractivity contribution < 1.29 is 14.7 Å². The van der Waals surface area contributed by atoms with Gasteiger partial charge in [-0.15, -0.1) is 0 Å². The molecule has 1 saturated heterocycles. The van der Waals surface area contributed by atoms with Crippen LogP contribution in [-0.4, -0.2) is 29.1 Å². The van der Waals surface area contributed by atoms with E-state index in [9.17, 15) is 9.59 Å². The number of carbonyl (C=O) groups excluding carboxylic acids is 1. The van der Waals surface area contributed by atoms with Crippen LogP contribution in [0, 0.1) is 0 Å². The summed E-state index contributed by atoms with van der Waals surface area (Å²) in [6, 6.07) is 4.27. The van der Waals surface area contributed by atoms with Crippen molar-refractivity contribution in [1.82, 2.24) is 5.32 Å². The van der Waals surface area contributed by atoms with Crippen LogP contribution in [0.1, 0.15) is 30.1 Å². The lowest BCUT2D eigenvalue weighted by molar-refractivity contribution is -0.121. The topological polar surface area (TPSA) is 78.4 Å². The standard InChI is InChI=1S/C13H15ClN2O3/c1-13(3-2-4-15-13)12(19)16-10-6-8(11(17)18)5-9(14)7-10/h5-7,15H,2-4H2,1H3,(H,16,19)(H,17,18). The molecule has 1 aliphatic rings. The van der Waals surface area contributed by atoms with Gasteiger partial charge in [-0.3, -0.25) is 4.79 Å². The number of hydrogen-bond donors (Lipinski definition) is 3. The zero-order chi connectivity index (χ0) is 14.0. The second-order valence-corrected chi connectivity index (χ2v) is 5.29. The minimum absolute atomic E-state index is 0.0485. The predicted octanol–water partition coefficient (Wildman–Crippen LogP) is 2.12. The molecule has 5 nitrogen and oxygen atoms in total. The molecule has 1 heterocycles. The summed E-state index contributed by atoms with van der Waals surface area (Å²) < 4.78 is 0. The average Bonchev–Trinajstić information content (AvgIpc) is 2.76. The van der Waals surface area contributed by atoms with Gasteiger partial charge in [-0.2, -0.15) is 0 Å². The number of carboxylic acids is 1. The molecule has 0 radical (unpaired) electrons. The smallest absolute Gasteiger partial charge is 0.335 e. The molecular formula is C13H15ClN2O3. The number of anilines is 1. The SMILES string of the molecule is CC1(C(=O)Nc2cc(Cl)cc(C(=O)O)c2)CCCN1. The Labute approximate surface area is 116 Å². The second kappa shape index (κ2) is 5.19. The van der Waals surface area contributed by atoms with Gasteiger partial charge in [0.05, 0.1) is 11.1 Å². The van der Waals surface area contributed by atoms with Crippen molar-refractivity contribution in [2.24, 2.45) is 0 Å². The number of hydrogen-bond acceptors (Lipinski definition) is 3. The van der Waals surface area contributed by atoms with Crippen molar-refractivity contribution >= 4 is 29.2 Å². The molecular weight excluding hydrogens is 268 g/mol. The molecule has 3 N–H and O–H groups in total. The number of benzene rings is 1. The van der Waals surface area contributed by atoms with E-state index in [1.165, 1.54) is 18.2 Å². The van der Waals surface area contributed by atoms with Gasteiger partial charge in [0.25, 0.3) is 0 Å². The number of halogens is 1. The summed E-state index contributed by atoms with van der Waals surface area (Å²) in [6.07, 6.45) is 1.70. The van der Waals surface area contributed by atoms with E-state index < -0.39 is 11.5 Å². The van der Waals surface area contributed by atoms with E-state index in [-0.39, 0.29) is 16.5 Å². The van der Waals surface area contributed by atoms with E-state index in [1.54, 1.807) is 0 Å². The molecule has 1 aliphatic heterocycles. The maximum Gasteiger partial charge on any atom is 0.335 e. The molecule has 0 aromatic heterocycles. The van der Waals surface area contributed by atoms with Gasteiger partial charge >= 0.3 is 5.97 Å². The summed E-state index contributed by atoms with van der Waals surface area (Å²) in [7, 11) is 0. The largest absolute Gasteiger partial charge is 0.478 e. The molecule has 1 fully saturated rings. The first-order chi connectivity index (χ1) is 8.90. The molecule has 0 saturated carbocycles. The van der Waals surface area contributed by atoms with Crippen molar-refractivity contribution in [2.45, 2.75) is 25.3 Å². The Balaban J connectivity index is 2.19. The quantitative estimate of drug-likeness (QED) is 0.793. The fraction of sp³-hybridized carbons (Fsp3) is 0.385.